The Balaban J connectivity index is 1.49. The van der Waals surface area contributed by atoms with Gasteiger partial charge in [-0.15, -0.1) is 11.8 Å². The molecule has 1 saturated heterocycles. The Morgan fingerprint density at radius 3 is 2.69 bits per heavy atom. The Kier molecular flexibility index (Phi) is 7.27. The molecule has 3 rings (SSSR count). The van der Waals surface area contributed by atoms with Crippen LogP contribution in [-0.2, 0) is 37.0 Å². The number of sulfone groups is 1. The summed E-state index contributed by atoms with van der Waals surface area (Å²) in [5, 5.41) is 0. The highest BCUT2D eigenvalue weighted by atomic mass is 32.2. The van der Waals surface area contributed by atoms with Crippen molar-refractivity contribution in [2.45, 2.75) is 50.5 Å². The van der Waals surface area contributed by atoms with E-state index in [0.717, 1.165) is 17.7 Å². The Morgan fingerprint density at radius 2 is 2.00 bits per heavy atom. The summed E-state index contributed by atoms with van der Waals surface area (Å²) in [5.74, 6) is -0.310. The van der Waals surface area contributed by atoms with Crippen LogP contribution < -0.4 is 0 Å². The summed E-state index contributed by atoms with van der Waals surface area (Å²) in [6.45, 7) is 4.07. The van der Waals surface area contributed by atoms with Crippen molar-refractivity contribution in [1.29, 1.82) is 0 Å². The summed E-state index contributed by atoms with van der Waals surface area (Å²) >= 11 is 1.41. The number of hydrogen-bond donors (Lipinski definition) is 0. The molecule has 1 heterocycles. The van der Waals surface area contributed by atoms with Crippen LogP contribution in [0.15, 0.2) is 23.1 Å². The predicted molar refractivity (Wildman–Crippen MR) is 114 cm³/mol. The van der Waals surface area contributed by atoms with Gasteiger partial charge in [0.2, 0.25) is 0 Å². The molecule has 8 heteroatoms. The van der Waals surface area contributed by atoms with E-state index < -0.39 is 15.8 Å². The minimum absolute atomic E-state index is 0.00636. The van der Waals surface area contributed by atoms with Crippen molar-refractivity contribution in [2.24, 2.45) is 5.92 Å². The average molecular weight is 440 g/mol. The van der Waals surface area contributed by atoms with E-state index in [2.05, 4.69) is 12.1 Å². The van der Waals surface area contributed by atoms with E-state index >= 15 is 0 Å². The molecule has 1 atom stereocenters. The topological polar surface area (TPSA) is 80.8 Å². The summed E-state index contributed by atoms with van der Waals surface area (Å²) < 4.78 is 28.8. The number of carbonyl (C=O) groups excluding carboxylic acids is 2. The maximum absolute atomic E-state index is 12.6. The number of benzene rings is 1. The zero-order valence-electron chi connectivity index (χ0n) is 17.1. The van der Waals surface area contributed by atoms with Crippen molar-refractivity contribution in [3.63, 3.8) is 0 Å². The molecule has 160 valence electrons. The Morgan fingerprint density at radius 1 is 1.24 bits per heavy atom. The molecular weight excluding hydrogens is 410 g/mol. The Bertz CT molecular complexity index is 866. The van der Waals surface area contributed by atoms with Crippen molar-refractivity contribution in [1.82, 2.24) is 4.90 Å². The van der Waals surface area contributed by atoms with Crippen LogP contribution in [0.5, 0.6) is 0 Å². The summed E-state index contributed by atoms with van der Waals surface area (Å²) in [5.41, 5.74) is 2.75. The summed E-state index contributed by atoms with van der Waals surface area (Å²) in [6, 6.07) is 5.96. The van der Waals surface area contributed by atoms with Crippen LogP contribution in [0.3, 0.4) is 0 Å². The molecule has 1 fully saturated rings. The first-order valence-corrected chi connectivity index (χ1v) is 12.9. The number of aryl methyl sites for hydroxylation is 2. The molecule has 0 saturated carbocycles. The largest absolute Gasteiger partial charge is 0.455 e. The maximum Gasteiger partial charge on any atom is 0.316 e. The van der Waals surface area contributed by atoms with Crippen LogP contribution in [0, 0.1) is 5.92 Å². The fourth-order valence-electron chi connectivity index (χ4n) is 3.92. The molecule has 1 amide bonds. The van der Waals surface area contributed by atoms with E-state index in [1.807, 2.05) is 19.9 Å². The van der Waals surface area contributed by atoms with Crippen LogP contribution in [0.25, 0.3) is 0 Å². The van der Waals surface area contributed by atoms with E-state index in [1.54, 1.807) is 4.90 Å². The van der Waals surface area contributed by atoms with Crippen LogP contribution in [-0.4, -0.2) is 61.6 Å². The van der Waals surface area contributed by atoms with Gasteiger partial charge >= 0.3 is 5.97 Å². The number of esters is 1. The molecule has 1 aliphatic heterocycles. The van der Waals surface area contributed by atoms with Crippen LogP contribution in [0.1, 0.15) is 37.8 Å². The number of hydrogen-bond acceptors (Lipinski definition) is 6. The SMILES string of the molecule is CC(C)CN(C(=O)COC(=O)CSc1ccc2c(c1)CCC2)C1CCS(=O)(=O)C1. The second-order valence-electron chi connectivity index (χ2n) is 8.23. The number of amides is 1. The monoisotopic (exact) mass is 439 g/mol. The minimum atomic E-state index is -3.09. The molecule has 29 heavy (non-hydrogen) atoms. The quantitative estimate of drug-likeness (QED) is 0.457. The number of carbonyl (C=O) groups is 2. The van der Waals surface area contributed by atoms with Crippen LogP contribution in [0.4, 0.5) is 0 Å². The van der Waals surface area contributed by atoms with Gasteiger partial charge in [-0.05, 0) is 54.9 Å². The molecule has 1 unspecified atom stereocenters. The van der Waals surface area contributed by atoms with Crippen molar-refractivity contribution < 1.29 is 22.7 Å². The van der Waals surface area contributed by atoms with Crippen molar-refractivity contribution in [3.8, 4) is 0 Å². The van der Waals surface area contributed by atoms with E-state index in [4.69, 9.17) is 4.74 Å². The first kappa shape index (κ1) is 22.2. The predicted octanol–water partition coefficient (Wildman–Crippen LogP) is 2.48. The first-order valence-electron chi connectivity index (χ1n) is 10.1. The molecule has 0 N–H and O–H groups in total. The van der Waals surface area contributed by atoms with Gasteiger partial charge in [0, 0.05) is 17.5 Å². The zero-order chi connectivity index (χ0) is 21.0. The van der Waals surface area contributed by atoms with E-state index in [0.29, 0.717) is 13.0 Å². The standard InChI is InChI=1S/C21H29NO5S2/c1-15(2)11-22(18-8-9-29(25,26)14-18)20(23)12-27-21(24)13-28-19-7-6-16-4-3-5-17(16)10-19/h6-7,10,15,18H,3-5,8-9,11-14H2,1-2H3. The van der Waals surface area contributed by atoms with Gasteiger partial charge in [0.25, 0.3) is 5.91 Å². The smallest absolute Gasteiger partial charge is 0.316 e. The summed E-state index contributed by atoms with van der Waals surface area (Å²) in [6.07, 6.45) is 3.84. The molecule has 1 aliphatic carbocycles. The van der Waals surface area contributed by atoms with Gasteiger partial charge in [0.1, 0.15) is 0 Å². The van der Waals surface area contributed by atoms with E-state index in [1.165, 1.54) is 29.3 Å². The number of rotatable bonds is 8. The third-order valence-corrected chi connectivity index (χ3v) is 8.03. The fourth-order valence-corrected chi connectivity index (χ4v) is 6.40. The molecule has 0 spiro atoms. The fraction of sp³-hybridized carbons (Fsp3) is 0.619. The average Bonchev–Trinajstić information content (AvgIpc) is 3.27. The first-order chi connectivity index (χ1) is 13.7. The molecule has 0 radical (unpaired) electrons. The van der Waals surface area contributed by atoms with Gasteiger partial charge in [0.05, 0.1) is 17.3 Å². The highest BCUT2D eigenvalue weighted by Gasteiger charge is 2.35. The molecule has 0 aromatic heterocycles. The van der Waals surface area contributed by atoms with Gasteiger partial charge in [-0.1, -0.05) is 19.9 Å². The molecular formula is C21H29NO5S2. The Hall–Kier alpha value is -1.54. The normalized spacial score (nSPS) is 19.9. The van der Waals surface area contributed by atoms with Crippen LogP contribution >= 0.6 is 11.8 Å². The van der Waals surface area contributed by atoms with Crippen molar-refractivity contribution in [2.75, 3.05) is 30.4 Å². The molecule has 1 aromatic carbocycles. The van der Waals surface area contributed by atoms with Gasteiger partial charge in [-0.25, -0.2) is 8.42 Å². The Labute approximate surface area is 177 Å². The molecule has 1 aromatic rings. The lowest BCUT2D eigenvalue weighted by Gasteiger charge is -2.29. The van der Waals surface area contributed by atoms with Gasteiger partial charge in [-0.3, -0.25) is 9.59 Å². The molecule has 2 aliphatic rings. The highest BCUT2D eigenvalue weighted by Crippen LogP contribution is 2.27. The summed E-state index contributed by atoms with van der Waals surface area (Å²) in [4.78, 5) is 27.4. The van der Waals surface area contributed by atoms with Gasteiger partial charge in [-0.2, -0.15) is 0 Å². The van der Waals surface area contributed by atoms with E-state index in [-0.39, 0.29) is 41.7 Å². The number of ether oxygens (including phenoxy) is 1. The van der Waals surface area contributed by atoms with Gasteiger partial charge < -0.3 is 9.64 Å². The van der Waals surface area contributed by atoms with Crippen molar-refractivity contribution >= 4 is 33.5 Å². The zero-order valence-corrected chi connectivity index (χ0v) is 18.7. The van der Waals surface area contributed by atoms with Gasteiger partial charge in [0.15, 0.2) is 16.4 Å². The number of fused-ring (bicyclic) bond motifs is 1. The number of nitrogens with zero attached hydrogens (tertiary/aromatic N) is 1. The molecule has 6 nitrogen and oxygen atoms in total. The second kappa shape index (κ2) is 9.51. The lowest BCUT2D eigenvalue weighted by atomic mass is 10.1. The second-order valence-corrected chi connectivity index (χ2v) is 11.5. The molecule has 0 bridgehead atoms. The minimum Gasteiger partial charge on any atom is -0.455 e. The third-order valence-electron chi connectivity index (χ3n) is 5.31. The summed E-state index contributed by atoms with van der Waals surface area (Å²) in [7, 11) is -3.09. The lowest BCUT2D eigenvalue weighted by Crippen LogP contribution is -2.45. The third kappa shape index (κ3) is 6.22. The van der Waals surface area contributed by atoms with Crippen LogP contribution in [0.2, 0.25) is 0 Å². The van der Waals surface area contributed by atoms with Crippen molar-refractivity contribution in [3.05, 3.63) is 29.3 Å². The lowest BCUT2D eigenvalue weighted by molar-refractivity contribution is -0.151. The maximum atomic E-state index is 12.6. The number of thioether (sulfide) groups is 1. The highest BCUT2D eigenvalue weighted by molar-refractivity contribution is 8.00. The van der Waals surface area contributed by atoms with E-state index in [9.17, 15) is 18.0 Å².